The van der Waals surface area contributed by atoms with Gasteiger partial charge in [-0.05, 0) is 24.3 Å². The largest absolute Gasteiger partial charge is 0.369 e. The Hall–Kier alpha value is -1.52. The average Bonchev–Trinajstić information content (AvgIpc) is 2.58. The minimum atomic E-state index is -0.110. The maximum absolute atomic E-state index is 13.6. The van der Waals surface area contributed by atoms with Gasteiger partial charge in [0.25, 0.3) is 0 Å². The summed E-state index contributed by atoms with van der Waals surface area (Å²) in [5, 5.41) is 0. The van der Waals surface area contributed by atoms with Crippen molar-refractivity contribution in [3.63, 3.8) is 0 Å². The summed E-state index contributed by atoms with van der Waals surface area (Å²) in [7, 11) is 0. The maximum Gasteiger partial charge on any atom is 0.136 e. The van der Waals surface area contributed by atoms with Gasteiger partial charge >= 0.3 is 0 Å². The molecule has 2 nitrogen and oxygen atoms in total. The van der Waals surface area contributed by atoms with Crippen LogP contribution >= 0.6 is 11.8 Å². The lowest BCUT2D eigenvalue weighted by Gasteiger charge is -2.36. The molecule has 2 aromatic carbocycles. The van der Waals surface area contributed by atoms with E-state index in [1.807, 2.05) is 12.1 Å². The number of benzene rings is 2. The van der Waals surface area contributed by atoms with E-state index in [9.17, 15) is 4.39 Å². The molecule has 1 heterocycles. The normalized spacial score (nSPS) is 16.0. The summed E-state index contributed by atoms with van der Waals surface area (Å²) >= 11 is 1.61. The van der Waals surface area contributed by atoms with Gasteiger partial charge in [0.15, 0.2) is 0 Å². The molecule has 0 amide bonds. The molecule has 0 atom stereocenters. The zero-order chi connectivity index (χ0) is 15.2. The summed E-state index contributed by atoms with van der Waals surface area (Å²) in [4.78, 5) is 5.65. The van der Waals surface area contributed by atoms with Gasteiger partial charge < -0.3 is 4.90 Å². The first kappa shape index (κ1) is 15.4. The second-order valence-electron chi connectivity index (χ2n) is 5.44. The van der Waals surface area contributed by atoms with Crippen LogP contribution in [0.2, 0.25) is 0 Å². The summed E-state index contributed by atoms with van der Waals surface area (Å²) in [6.07, 6.45) is 0. The van der Waals surface area contributed by atoms with Gasteiger partial charge in [-0.2, -0.15) is 0 Å². The number of hydrogen-bond donors (Lipinski definition) is 0. The lowest BCUT2D eigenvalue weighted by atomic mass is 10.2. The molecule has 1 aliphatic rings. The van der Waals surface area contributed by atoms with E-state index in [-0.39, 0.29) is 5.82 Å². The Morgan fingerprint density at radius 3 is 2.27 bits per heavy atom. The van der Waals surface area contributed by atoms with Crippen LogP contribution in [0.5, 0.6) is 0 Å². The molecule has 0 bridgehead atoms. The summed E-state index contributed by atoms with van der Waals surface area (Å²) in [6, 6.07) is 17.6. The van der Waals surface area contributed by atoms with E-state index in [1.165, 1.54) is 11.8 Å². The molecule has 3 rings (SSSR count). The van der Waals surface area contributed by atoms with Crippen LogP contribution in [-0.4, -0.2) is 43.4 Å². The highest BCUT2D eigenvalue weighted by molar-refractivity contribution is 7.99. The van der Waals surface area contributed by atoms with E-state index in [2.05, 4.69) is 40.1 Å². The fourth-order valence-corrected chi connectivity index (χ4v) is 3.67. The van der Waals surface area contributed by atoms with Gasteiger partial charge in [0.2, 0.25) is 0 Å². The van der Waals surface area contributed by atoms with Gasteiger partial charge in [-0.3, -0.25) is 4.90 Å². The third-order valence-electron chi connectivity index (χ3n) is 4.00. The molecule has 4 heteroatoms. The van der Waals surface area contributed by atoms with Crippen LogP contribution in [0.3, 0.4) is 0 Å². The Morgan fingerprint density at radius 1 is 0.864 bits per heavy atom. The highest BCUT2D eigenvalue weighted by atomic mass is 32.2. The first-order valence-corrected chi connectivity index (χ1v) is 8.71. The van der Waals surface area contributed by atoms with Crippen molar-refractivity contribution >= 4 is 17.4 Å². The zero-order valence-corrected chi connectivity index (χ0v) is 13.4. The Labute approximate surface area is 135 Å². The summed E-state index contributed by atoms with van der Waals surface area (Å²) in [6.45, 7) is 5.30. The minimum Gasteiger partial charge on any atom is -0.369 e. The topological polar surface area (TPSA) is 6.48 Å². The number of piperazine rings is 1. The molecule has 1 saturated heterocycles. The van der Waals surface area contributed by atoms with Crippen LogP contribution in [-0.2, 0) is 0 Å². The molecule has 0 aromatic heterocycles. The lowest BCUT2D eigenvalue weighted by Crippen LogP contribution is -2.47. The monoisotopic (exact) mass is 316 g/mol. The van der Waals surface area contributed by atoms with Crippen LogP contribution in [0.1, 0.15) is 0 Å². The molecular weight excluding hydrogens is 295 g/mol. The molecule has 0 radical (unpaired) electrons. The number of thioether (sulfide) groups is 1. The Balaban J connectivity index is 1.42. The minimum absolute atomic E-state index is 0.110. The SMILES string of the molecule is Fc1ccccc1SCCN1CCN(c2ccccc2)CC1. The van der Waals surface area contributed by atoms with E-state index in [1.54, 1.807) is 17.8 Å². The third kappa shape index (κ3) is 4.02. The fraction of sp³-hybridized carbons (Fsp3) is 0.333. The quantitative estimate of drug-likeness (QED) is 0.776. The van der Waals surface area contributed by atoms with Crippen molar-refractivity contribution in [1.29, 1.82) is 0 Å². The van der Waals surface area contributed by atoms with E-state index >= 15 is 0 Å². The third-order valence-corrected chi connectivity index (χ3v) is 5.02. The zero-order valence-electron chi connectivity index (χ0n) is 12.6. The summed E-state index contributed by atoms with van der Waals surface area (Å²) in [5.74, 6) is 0.827. The molecule has 1 fully saturated rings. The van der Waals surface area contributed by atoms with E-state index in [4.69, 9.17) is 0 Å². The number of hydrogen-bond acceptors (Lipinski definition) is 3. The first-order valence-electron chi connectivity index (χ1n) is 7.72. The van der Waals surface area contributed by atoms with Gasteiger partial charge in [-0.25, -0.2) is 4.39 Å². The number of para-hydroxylation sites is 1. The maximum atomic E-state index is 13.6. The smallest absolute Gasteiger partial charge is 0.136 e. The van der Waals surface area contributed by atoms with Gasteiger partial charge in [0, 0.05) is 49.1 Å². The second-order valence-corrected chi connectivity index (χ2v) is 6.58. The van der Waals surface area contributed by atoms with Crippen LogP contribution in [0.15, 0.2) is 59.5 Å². The number of halogens is 1. The lowest BCUT2D eigenvalue weighted by molar-refractivity contribution is 0.273. The Morgan fingerprint density at radius 2 is 1.55 bits per heavy atom. The second kappa shape index (κ2) is 7.65. The summed E-state index contributed by atoms with van der Waals surface area (Å²) in [5.41, 5.74) is 1.31. The first-order chi connectivity index (χ1) is 10.8. The van der Waals surface area contributed by atoms with E-state index in [0.29, 0.717) is 0 Å². The molecule has 2 aromatic rings. The van der Waals surface area contributed by atoms with Gasteiger partial charge in [0.1, 0.15) is 5.82 Å². The van der Waals surface area contributed by atoms with Crippen LogP contribution in [0, 0.1) is 5.82 Å². The van der Waals surface area contributed by atoms with E-state index < -0.39 is 0 Å². The van der Waals surface area contributed by atoms with Crippen molar-refractivity contribution in [2.24, 2.45) is 0 Å². The fourth-order valence-electron chi connectivity index (χ4n) is 2.71. The number of rotatable bonds is 5. The average molecular weight is 316 g/mol. The van der Waals surface area contributed by atoms with Gasteiger partial charge in [-0.15, -0.1) is 11.8 Å². The number of nitrogens with zero attached hydrogens (tertiary/aromatic N) is 2. The molecule has 22 heavy (non-hydrogen) atoms. The molecule has 0 aliphatic carbocycles. The summed E-state index contributed by atoms with van der Waals surface area (Å²) < 4.78 is 13.6. The highest BCUT2D eigenvalue weighted by Gasteiger charge is 2.16. The molecule has 0 N–H and O–H groups in total. The van der Waals surface area contributed by atoms with Gasteiger partial charge in [0.05, 0.1) is 0 Å². The van der Waals surface area contributed by atoms with Crippen LogP contribution in [0.25, 0.3) is 0 Å². The molecule has 116 valence electrons. The van der Waals surface area contributed by atoms with Crippen molar-refractivity contribution in [1.82, 2.24) is 4.90 Å². The Bertz CT molecular complexity index is 583. The Kier molecular flexibility index (Phi) is 5.35. The van der Waals surface area contributed by atoms with Crippen LogP contribution < -0.4 is 4.90 Å². The van der Waals surface area contributed by atoms with Crippen molar-refractivity contribution in [2.45, 2.75) is 4.90 Å². The molecule has 0 saturated carbocycles. The molecule has 1 aliphatic heterocycles. The van der Waals surface area contributed by atoms with Crippen molar-refractivity contribution in [3.8, 4) is 0 Å². The predicted molar refractivity (Wildman–Crippen MR) is 92.2 cm³/mol. The predicted octanol–water partition coefficient (Wildman–Crippen LogP) is 3.74. The molecule has 0 unspecified atom stereocenters. The molecular formula is C18H21FN2S. The number of anilines is 1. The highest BCUT2D eigenvalue weighted by Crippen LogP contribution is 2.21. The molecule has 0 spiro atoms. The van der Waals surface area contributed by atoms with Crippen molar-refractivity contribution in [3.05, 3.63) is 60.4 Å². The standard InChI is InChI=1S/C18H21FN2S/c19-17-8-4-5-9-18(17)22-15-14-20-10-12-21(13-11-20)16-6-2-1-3-7-16/h1-9H,10-15H2. The van der Waals surface area contributed by atoms with Crippen molar-refractivity contribution < 1.29 is 4.39 Å². The van der Waals surface area contributed by atoms with Gasteiger partial charge in [-0.1, -0.05) is 30.3 Å². The van der Waals surface area contributed by atoms with E-state index in [0.717, 1.165) is 43.4 Å². The van der Waals surface area contributed by atoms with Crippen molar-refractivity contribution in [2.75, 3.05) is 43.4 Å². The van der Waals surface area contributed by atoms with Crippen LogP contribution in [0.4, 0.5) is 10.1 Å².